The molecule has 1 aliphatic carbocycles. The van der Waals surface area contributed by atoms with Gasteiger partial charge >= 0.3 is 0 Å². The van der Waals surface area contributed by atoms with Crippen molar-refractivity contribution in [1.29, 1.82) is 0 Å². The van der Waals surface area contributed by atoms with Crippen LogP contribution in [-0.2, 0) is 10.0 Å². The highest BCUT2D eigenvalue weighted by Gasteiger charge is 2.39. The fourth-order valence-corrected chi connectivity index (χ4v) is 3.48. The van der Waals surface area contributed by atoms with Gasteiger partial charge in [-0.15, -0.1) is 11.6 Å². The molecule has 0 atom stereocenters. The third kappa shape index (κ3) is 4.39. The summed E-state index contributed by atoms with van der Waals surface area (Å²) < 4.78 is 26.2. The monoisotopic (exact) mass is 282 g/mol. The van der Waals surface area contributed by atoms with E-state index in [1.807, 2.05) is 14.1 Å². The number of alkyl halides is 1. The van der Waals surface area contributed by atoms with Crippen LogP contribution >= 0.6 is 11.6 Å². The van der Waals surface area contributed by atoms with Crippen molar-refractivity contribution in [2.45, 2.75) is 37.6 Å². The molecule has 1 aliphatic rings. The topological polar surface area (TPSA) is 49.4 Å². The average Bonchev–Trinajstić information content (AvgIpc) is 2.15. The summed E-state index contributed by atoms with van der Waals surface area (Å²) in [6.45, 7) is 0.531. The van der Waals surface area contributed by atoms with Gasteiger partial charge in [-0.2, -0.15) is 0 Å². The summed E-state index contributed by atoms with van der Waals surface area (Å²) in [7, 11) is 0.898. The number of hydrogen-bond donors (Lipinski definition) is 1. The van der Waals surface area contributed by atoms with Gasteiger partial charge in [0.2, 0.25) is 10.0 Å². The van der Waals surface area contributed by atoms with Crippen molar-refractivity contribution in [3.05, 3.63) is 0 Å². The van der Waals surface area contributed by atoms with Crippen LogP contribution < -0.4 is 4.72 Å². The van der Waals surface area contributed by atoms with Crippen LogP contribution in [0.3, 0.4) is 0 Å². The van der Waals surface area contributed by atoms with Crippen LogP contribution in [0, 0.1) is 0 Å². The Morgan fingerprint density at radius 1 is 1.29 bits per heavy atom. The Morgan fingerprint density at radius 3 is 2.35 bits per heavy atom. The molecule has 6 heteroatoms. The second-order valence-electron chi connectivity index (χ2n) is 5.01. The average molecular weight is 283 g/mol. The Hall–Kier alpha value is 0.160. The summed E-state index contributed by atoms with van der Waals surface area (Å²) in [5.41, 5.74) is 0.0412. The first-order valence-corrected chi connectivity index (χ1v) is 8.31. The molecule has 102 valence electrons. The zero-order valence-corrected chi connectivity index (χ0v) is 12.3. The minimum atomic E-state index is -3.13. The standard InChI is InChI=1S/C11H23ClN2O2S/c1-14(2)11(6-5-7-11)10-13-17(15,16)9-4-3-8-12/h13H,3-10H2,1-2H3. The number of halogens is 1. The van der Waals surface area contributed by atoms with Crippen LogP contribution in [-0.4, -0.2) is 51.1 Å². The highest BCUT2D eigenvalue weighted by atomic mass is 35.5. The summed E-state index contributed by atoms with van der Waals surface area (Å²) in [4.78, 5) is 2.14. The lowest BCUT2D eigenvalue weighted by Crippen LogP contribution is -2.57. The maximum absolute atomic E-state index is 11.7. The molecule has 0 radical (unpaired) electrons. The summed E-state index contributed by atoms with van der Waals surface area (Å²) >= 11 is 5.53. The second kappa shape index (κ2) is 6.36. The van der Waals surface area contributed by atoms with E-state index in [9.17, 15) is 8.42 Å². The molecule has 0 aromatic heterocycles. The SMILES string of the molecule is CN(C)C1(CNS(=O)(=O)CCCCCl)CCC1. The molecule has 0 aromatic carbocycles. The highest BCUT2D eigenvalue weighted by Crippen LogP contribution is 2.35. The van der Waals surface area contributed by atoms with Crippen molar-refractivity contribution in [2.24, 2.45) is 0 Å². The van der Waals surface area contributed by atoms with Gasteiger partial charge in [0.25, 0.3) is 0 Å². The van der Waals surface area contributed by atoms with Gasteiger partial charge in [0, 0.05) is 18.0 Å². The fraction of sp³-hybridized carbons (Fsp3) is 1.00. The van der Waals surface area contributed by atoms with E-state index in [1.165, 1.54) is 6.42 Å². The first kappa shape index (κ1) is 15.2. The summed E-state index contributed by atoms with van der Waals surface area (Å²) in [5, 5.41) is 0. The Labute approximate surface area is 110 Å². The molecular weight excluding hydrogens is 260 g/mol. The van der Waals surface area contributed by atoms with Crippen LogP contribution in [0.2, 0.25) is 0 Å². The van der Waals surface area contributed by atoms with Crippen LogP contribution in [0.5, 0.6) is 0 Å². The van der Waals surface area contributed by atoms with Crippen LogP contribution in [0.4, 0.5) is 0 Å². The van der Waals surface area contributed by atoms with E-state index in [1.54, 1.807) is 0 Å². The van der Waals surface area contributed by atoms with Gasteiger partial charge < -0.3 is 4.90 Å². The van der Waals surface area contributed by atoms with E-state index in [0.29, 0.717) is 18.8 Å². The Bertz CT molecular complexity index is 326. The largest absolute Gasteiger partial charge is 0.302 e. The molecule has 0 heterocycles. The molecule has 0 spiro atoms. The van der Waals surface area contributed by atoms with Gasteiger partial charge in [-0.3, -0.25) is 0 Å². The summed E-state index contributed by atoms with van der Waals surface area (Å²) in [5.74, 6) is 0.709. The molecule has 0 saturated heterocycles. The fourth-order valence-electron chi connectivity index (χ4n) is 2.07. The number of hydrogen-bond acceptors (Lipinski definition) is 3. The second-order valence-corrected chi connectivity index (χ2v) is 7.31. The number of nitrogens with zero attached hydrogens (tertiary/aromatic N) is 1. The van der Waals surface area contributed by atoms with Crippen molar-refractivity contribution in [3.8, 4) is 0 Å². The number of sulfonamides is 1. The van der Waals surface area contributed by atoms with Gasteiger partial charge in [0.1, 0.15) is 0 Å². The van der Waals surface area contributed by atoms with E-state index < -0.39 is 10.0 Å². The number of nitrogens with one attached hydrogen (secondary N) is 1. The molecule has 0 aliphatic heterocycles. The van der Waals surface area contributed by atoms with Gasteiger partial charge in [-0.25, -0.2) is 13.1 Å². The molecule has 1 N–H and O–H groups in total. The minimum Gasteiger partial charge on any atom is -0.302 e. The molecule has 1 saturated carbocycles. The Kier molecular flexibility index (Phi) is 5.70. The lowest BCUT2D eigenvalue weighted by atomic mass is 9.76. The van der Waals surface area contributed by atoms with Gasteiger partial charge in [-0.05, 0) is 46.2 Å². The Balaban J connectivity index is 2.38. The van der Waals surface area contributed by atoms with Gasteiger partial charge in [0.05, 0.1) is 5.75 Å². The maximum Gasteiger partial charge on any atom is 0.211 e. The lowest BCUT2D eigenvalue weighted by molar-refractivity contribution is 0.0657. The normalized spacial score (nSPS) is 19.3. The van der Waals surface area contributed by atoms with Crippen molar-refractivity contribution >= 4 is 21.6 Å². The van der Waals surface area contributed by atoms with E-state index in [2.05, 4.69) is 9.62 Å². The predicted molar refractivity (Wildman–Crippen MR) is 72.0 cm³/mol. The van der Waals surface area contributed by atoms with Crippen molar-refractivity contribution in [2.75, 3.05) is 32.3 Å². The maximum atomic E-state index is 11.7. The van der Waals surface area contributed by atoms with Crippen molar-refractivity contribution in [1.82, 2.24) is 9.62 Å². The highest BCUT2D eigenvalue weighted by molar-refractivity contribution is 7.89. The Morgan fingerprint density at radius 2 is 1.94 bits per heavy atom. The first-order chi connectivity index (χ1) is 7.92. The predicted octanol–water partition coefficient (Wildman–Crippen LogP) is 1.41. The number of unbranched alkanes of at least 4 members (excludes halogenated alkanes) is 1. The van der Waals surface area contributed by atoms with Crippen LogP contribution in [0.1, 0.15) is 32.1 Å². The molecular formula is C11H23ClN2O2S. The smallest absolute Gasteiger partial charge is 0.211 e. The first-order valence-electron chi connectivity index (χ1n) is 6.13. The van der Waals surface area contributed by atoms with Crippen LogP contribution in [0.25, 0.3) is 0 Å². The molecule has 0 amide bonds. The molecule has 4 nitrogen and oxygen atoms in total. The third-order valence-corrected chi connectivity index (χ3v) is 5.33. The molecule has 0 unspecified atom stereocenters. The zero-order valence-electron chi connectivity index (χ0n) is 10.7. The molecule has 0 aromatic rings. The van der Waals surface area contributed by atoms with Crippen molar-refractivity contribution < 1.29 is 8.42 Å². The van der Waals surface area contributed by atoms with E-state index >= 15 is 0 Å². The summed E-state index contributed by atoms with van der Waals surface area (Å²) in [6.07, 6.45) is 4.72. The van der Waals surface area contributed by atoms with E-state index in [-0.39, 0.29) is 11.3 Å². The van der Waals surface area contributed by atoms with Gasteiger partial charge in [0.15, 0.2) is 0 Å². The van der Waals surface area contributed by atoms with E-state index in [0.717, 1.165) is 19.3 Å². The lowest BCUT2D eigenvalue weighted by Gasteiger charge is -2.47. The molecule has 0 bridgehead atoms. The van der Waals surface area contributed by atoms with Crippen LogP contribution in [0.15, 0.2) is 0 Å². The number of rotatable bonds is 8. The molecule has 1 fully saturated rings. The van der Waals surface area contributed by atoms with Crippen molar-refractivity contribution in [3.63, 3.8) is 0 Å². The van der Waals surface area contributed by atoms with Gasteiger partial charge in [-0.1, -0.05) is 0 Å². The third-order valence-electron chi connectivity index (χ3n) is 3.65. The quantitative estimate of drug-likeness (QED) is 0.541. The van der Waals surface area contributed by atoms with E-state index in [4.69, 9.17) is 11.6 Å². The number of likely N-dealkylation sites (N-methyl/N-ethyl adjacent to an activating group) is 1. The summed E-state index contributed by atoms with van der Waals surface area (Å²) in [6, 6.07) is 0. The molecule has 1 rings (SSSR count). The minimum absolute atomic E-state index is 0.0412. The molecule has 17 heavy (non-hydrogen) atoms. The zero-order chi connectivity index (χ0) is 12.9.